The van der Waals surface area contributed by atoms with E-state index >= 15 is 0 Å². The van der Waals surface area contributed by atoms with Crippen LogP contribution in [0.1, 0.15) is 44.9 Å². The van der Waals surface area contributed by atoms with Gasteiger partial charge in [-0.3, -0.25) is 9.36 Å². The second-order valence-corrected chi connectivity index (χ2v) is 7.69. The van der Waals surface area contributed by atoms with E-state index in [1.165, 1.54) is 0 Å². The molecule has 136 valence electrons. The first-order valence-corrected chi connectivity index (χ1v) is 9.45. The lowest BCUT2D eigenvalue weighted by Gasteiger charge is -2.21. The van der Waals surface area contributed by atoms with Gasteiger partial charge in [0.2, 0.25) is 5.95 Å². The number of aromatic nitrogens is 4. The van der Waals surface area contributed by atoms with Crippen LogP contribution in [0.4, 0.5) is 5.95 Å². The van der Waals surface area contributed by atoms with Crippen molar-refractivity contribution in [2.75, 3.05) is 31.2 Å². The molecule has 0 amide bonds. The Labute approximate surface area is 151 Å². The van der Waals surface area contributed by atoms with Crippen LogP contribution in [0.3, 0.4) is 0 Å². The van der Waals surface area contributed by atoms with E-state index in [9.17, 15) is 4.79 Å². The maximum Gasteiger partial charge on any atom is 0.282 e. The van der Waals surface area contributed by atoms with Crippen LogP contribution in [-0.2, 0) is 11.3 Å². The third-order valence-electron chi connectivity index (χ3n) is 5.15. The highest BCUT2D eigenvalue weighted by Gasteiger charge is 2.29. The molecule has 0 spiro atoms. The molecule has 2 aliphatic heterocycles. The molecule has 0 aliphatic carbocycles. The first-order valence-electron chi connectivity index (χ1n) is 9.08. The minimum absolute atomic E-state index is 0.0899. The summed E-state index contributed by atoms with van der Waals surface area (Å²) < 4.78 is 8.87. The highest BCUT2D eigenvalue weighted by atomic mass is 35.5. The fraction of sp³-hybridized carbons (Fsp3) is 0.706. The number of halogens is 1. The van der Waals surface area contributed by atoms with E-state index < -0.39 is 0 Å². The zero-order valence-corrected chi connectivity index (χ0v) is 15.5. The van der Waals surface area contributed by atoms with Crippen molar-refractivity contribution in [2.45, 2.75) is 45.6 Å². The molecule has 25 heavy (non-hydrogen) atoms. The largest absolute Gasteiger partial charge is 0.381 e. The molecule has 0 N–H and O–H groups in total. The van der Waals surface area contributed by atoms with Crippen molar-refractivity contribution in [3.05, 3.63) is 21.3 Å². The van der Waals surface area contributed by atoms with Gasteiger partial charge in [-0.1, -0.05) is 25.4 Å². The molecular formula is C17H24ClN5O2. The molecule has 0 radical (unpaired) electrons. The number of rotatable bonds is 4. The molecule has 2 aromatic heterocycles. The average Bonchev–Trinajstić information content (AvgIpc) is 3.16. The van der Waals surface area contributed by atoms with Crippen molar-refractivity contribution >= 4 is 23.1 Å². The quantitative estimate of drug-likeness (QED) is 0.831. The predicted molar refractivity (Wildman–Crippen MR) is 96.7 cm³/mol. The predicted octanol–water partition coefficient (Wildman–Crippen LogP) is 2.30. The second kappa shape index (κ2) is 6.61. The molecule has 4 heterocycles. The van der Waals surface area contributed by atoms with E-state index in [4.69, 9.17) is 21.4 Å². The Balaban J connectivity index is 1.79. The second-order valence-electron chi connectivity index (χ2n) is 7.33. The summed E-state index contributed by atoms with van der Waals surface area (Å²) in [6, 6.07) is 0. The molecular weight excluding hydrogens is 342 g/mol. The van der Waals surface area contributed by atoms with Gasteiger partial charge in [0.05, 0.1) is 0 Å². The number of ether oxygens (including phenoxy) is 1. The molecule has 8 heteroatoms. The Kier molecular flexibility index (Phi) is 4.45. The number of nitrogens with zero attached hydrogens (tertiary/aromatic N) is 5. The van der Waals surface area contributed by atoms with Crippen LogP contribution >= 0.6 is 11.6 Å². The zero-order valence-electron chi connectivity index (χ0n) is 14.7. The van der Waals surface area contributed by atoms with Crippen molar-refractivity contribution in [3.63, 3.8) is 0 Å². The standard InChI is InChI=1S/C17H24ClN5O2/c1-11(2)3-6-21-7-8-22-16(24)13-14(18)19-15(23(13)20-17(21)22)12-4-9-25-10-5-12/h11-12H,3-10H2,1-2H3. The van der Waals surface area contributed by atoms with E-state index in [0.29, 0.717) is 31.2 Å². The fourth-order valence-electron chi connectivity index (χ4n) is 3.65. The molecule has 1 saturated heterocycles. The average molecular weight is 366 g/mol. The summed E-state index contributed by atoms with van der Waals surface area (Å²) in [6.45, 7) is 8.22. The minimum atomic E-state index is -0.0899. The molecule has 2 aliphatic rings. The van der Waals surface area contributed by atoms with Crippen LogP contribution < -0.4 is 10.5 Å². The topological polar surface area (TPSA) is 64.7 Å². The Hall–Kier alpha value is -1.60. The summed E-state index contributed by atoms with van der Waals surface area (Å²) in [4.78, 5) is 19.6. The highest BCUT2D eigenvalue weighted by Crippen LogP contribution is 2.29. The number of anilines is 1. The van der Waals surface area contributed by atoms with Gasteiger partial charge in [0.25, 0.3) is 5.56 Å². The van der Waals surface area contributed by atoms with E-state index in [2.05, 4.69) is 23.7 Å². The zero-order chi connectivity index (χ0) is 17.6. The van der Waals surface area contributed by atoms with E-state index in [-0.39, 0.29) is 16.6 Å². The molecule has 0 atom stereocenters. The molecule has 4 rings (SSSR count). The third kappa shape index (κ3) is 2.93. The summed E-state index contributed by atoms with van der Waals surface area (Å²) in [7, 11) is 0. The molecule has 0 saturated carbocycles. The molecule has 0 unspecified atom stereocenters. The maximum atomic E-state index is 12.9. The van der Waals surface area contributed by atoms with Gasteiger partial charge in [-0.05, 0) is 25.2 Å². The van der Waals surface area contributed by atoms with Crippen LogP contribution in [0.2, 0.25) is 5.15 Å². The number of fused-ring (bicyclic) bond motifs is 2. The van der Waals surface area contributed by atoms with Crippen LogP contribution in [0.15, 0.2) is 4.79 Å². The monoisotopic (exact) mass is 365 g/mol. The minimum Gasteiger partial charge on any atom is -0.381 e. The fourth-order valence-corrected chi connectivity index (χ4v) is 3.89. The molecule has 0 bridgehead atoms. The summed E-state index contributed by atoms with van der Waals surface area (Å²) >= 11 is 6.31. The van der Waals surface area contributed by atoms with Crippen molar-refractivity contribution in [3.8, 4) is 0 Å². The Bertz CT molecular complexity index is 838. The van der Waals surface area contributed by atoms with Gasteiger partial charge in [-0.2, -0.15) is 0 Å². The lowest BCUT2D eigenvalue weighted by atomic mass is 10.00. The van der Waals surface area contributed by atoms with Crippen LogP contribution in [0.25, 0.3) is 5.52 Å². The Morgan fingerprint density at radius 1 is 1.28 bits per heavy atom. The molecule has 2 aromatic rings. The molecule has 0 aromatic carbocycles. The lowest BCUT2D eigenvalue weighted by Crippen LogP contribution is -2.27. The first-order chi connectivity index (χ1) is 12.1. The maximum absolute atomic E-state index is 12.9. The van der Waals surface area contributed by atoms with Crippen molar-refractivity contribution in [1.29, 1.82) is 0 Å². The summed E-state index contributed by atoms with van der Waals surface area (Å²) in [5.74, 6) is 2.37. The van der Waals surface area contributed by atoms with Gasteiger partial charge in [0.1, 0.15) is 5.82 Å². The van der Waals surface area contributed by atoms with E-state index in [1.54, 1.807) is 9.08 Å². The van der Waals surface area contributed by atoms with Crippen LogP contribution in [0, 0.1) is 5.92 Å². The lowest BCUT2D eigenvalue weighted by molar-refractivity contribution is 0.0832. The Morgan fingerprint density at radius 2 is 2.04 bits per heavy atom. The molecule has 1 fully saturated rings. The van der Waals surface area contributed by atoms with Gasteiger partial charge >= 0.3 is 0 Å². The number of imidazole rings is 1. The van der Waals surface area contributed by atoms with Crippen molar-refractivity contribution < 1.29 is 4.74 Å². The van der Waals surface area contributed by atoms with Crippen molar-refractivity contribution in [2.24, 2.45) is 5.92 Å². The summed E-state index contributed by atoms with van der Waals surface area (Å²) in [5.41, 5.74) is 0.311. The number of hydrogen-bond donors (Lipinski definition) is 0. The van der Waals surface area contributed by atoms with E-state index in [1.807, 2.05) is 0 Å². The first kappa shape index (κ1) is 16.8. The van der Waals surface area contributed by atoms with E-state index in [0.717, 1.165) is 44.1 Å². The SMILES string of the molecule is CC(C)CCN1CCn2c1nn1c(C3CCOCC3)nc(Cl)c1c2=O. The van der Waals surface area contributed by atoms with Gasteiger partial charge in [-0.15, -0.1) is 5.10 Å². The number of hydrogen-bond acceptors (Lipinski definition) is 5. The van der Waals surface area contributed by atoms with Crippen LogP contribution in [-0.4, -0.2) is 45.5 Å². The summed E-state index contributed by atoms with van der Waals surface area (Å²) in [6.07, 6.45) is 2.84. The van der Waals surface area contributed by atoms with Gasteiger partial charge in [0, 0.05) is 38.8 Å². The van der Waals surface area contributed by atoms with Gasteiger partial charge in [-0.25, -0.2) is 9.50 Å². The highest BCUT2D eigenvalue weighted by molar-refractivity contribution is 6.32. The Morgan fingerprint density at radius 3 is 2.76 bits per heavy atom. The van der Waals surface area contributed by atoms with Gasteiger partial charge < -0.3 is 9.64 Å². The normalized spacial score (nSPS) is 18.5. The third-order valence-corrected chi connectivity index (χ3v) is 5.42. The summed E-state index contributed by atoms with van der Waals surface area (Å²) in [5, 5.41) is 5.05. The molecule has 7 nitrogen and oxygen atoms in total. The van der Waals surface area contributed by atoms with Crippen molar-refractivity contribution in [1.82, 2.24) is 19.2 Å². The smallest absolute Gasteiger partial charge is 0.282 e. The van der Waals surface area contributed by atoms with Gasteiger partial charge in [0.15, 0.2) is 10.7 Å². The van der Waals surface area contributed by atoms with Crippen LogP contribution in [0.5, 0.6) is 0 Å².